The Morgan fingerprint density at radius 2 is 2.06 bits per heavy atom. The van der Waals surface area contributed by atoms with Crippen LogP contribution in [0.15, 0.2) is 12.3 Å². The molecule has 12 nitrogen and oxygen atoms in total. The highest BCUT2D eigenvalue weighted by atomic mass is 16.6. The molecule has 174 valence electrons. The largest absolute Gasteiger partial charge is 0.394 e. The van der Waals surface area contributed by atoms with Gasteiger partial charge in [0.15, 0.2) is 0 Å². The molecule has 32 heavy (non-hydrogen) atoms. The van der Waals surface area contributed by atoms with Crippen molar-refractivity contribution in [3.05, 3.63) is 18.0 Å². The summed E-state index contributed by atoms with van der Waals surface area (Å²) < 4.78 is 10.5. The summed E-state index contributed by atoms with van der Waals surface area (Å²) in [7, 11) is 1.44. The van der Waals surface area contributed by atoms with Crippen molar-refractivity contribution in [2.75, 3.05) is 69.1 Å². The number of nitrogen functional groups attached to an aromatic ring is 1. The van der Waals surface area contributed by atoms with Crippen molar-refractivity contribution >= 4 is 17.7 Å². The molecule has 4 heterocycles. The number of aryl methyl sites for hydroxylation is 1. The maximum absolute atomic E-state index is 10.2. The summed E-state index contributed by atoms with van der Waals surface area (Å²) in [5.41, 5.74) is 7.16. The van der Waals surface area contributed by atoms with Crippen LogP contribution < -0.4 is 16.0 Å². The van der Waals surface area contributed by atoms with Gasteiger partial charge in [0.2, 0.25) is 18.3 Å². The molecular weight excluding hydrogens is 416 g/mol. The molecule has 2 fully saturated rings. The summed E-state index contributed by atoms with van der Waals surface area (Å²) in [6.45, 7) is 5.26. The van der Waals surface area contributed by atoms with Crippen LogP contribution in [0.3, 0.4) is 0 Å². The molecule has 0 radical (unpaired) electrons. The average molecular weight is 447 g/mol. The number of nitrogens with two attached hydrogens (primary N) is 1. The molecule has 0 spiro atoms. The first kappa shape index (κ1) is 22.6. The second-order valence-corrected chi connectivity index (χ2v) is 8.11. The monoisotopic (exact) mass is 446 g/mol. The van der Waals surface area contributed by atoms with E-state index in [-0.39, 0.29) is 12.6 Å². The highest BCUT2D eigenvalue weighted by Crippen LogP contribution is 2.30. The van der Waals surface area contributed by atoms with Crippen LogP contribution in [0.25, 0.3) is 11.3 Å². The summed E-state index contributed by atoms with van der Waals surface area (Å²) in [5.74, 6) is 1.33. The zero-order chi connectivity index (χ0) is 22.7. The highest BCUT2D eigenvalue weighted by molar-refractivity contribution is 5.66. The van der Waals surface area contributed by atoms with E-state index in [4.69, 9.17) is 25.2 Å². The number of aromatic nitrogens is 4. The first-order chi connectivity index (χ1) is 15.4. The molecule has 4 rings (SSSR count). The fraction of sp³-hybridized carbons (Fsp3) is 0.600. The van der Waals surface area contributed by atoms with E-state index in [0.29, 0.717) is 69.0 Å². The van der Waals surface area contributed by atoms with Crippen molar-refractivity contribution in [2.45, 2.75) is 25.3 Å². The molecule has 0 saturated carbocycles. The molecular formula is C20H30N8O4. The van der Waals surface area contributed by atoms with Gasteiger partial charge in [0.05, 0.1) is 36.7 Å². The number of nitrogens with one attached hydrogen (secondary N) is 1. The van der Waals surface area contributed by atoms with Crippen molar-refractivity contribution in [1.29, 1.82) is 0 Å². The predicted octanol–water partition coefficient (Wildman–Crippen LogP) is -0.568. The molecule has 2 aromatic rings. The summed E-state index contributed by atoms with van der Waals surface area (Å²) in [4.78, 5) is 21.7. The van der Waals surface area contributed by atoms with Crippen LogP contribution in [0.1, 0.15) is 12.1 Å². The number of hydrogen-bond donors (Lipinski definition) is 4. The molecule has 0 aliphatic carbocycles. The second kappa shape index (κ2) is 9.46. The van der Waals surface area contributed by atoms with Gasteiger partial charge in [-0.05, 0) is 13.3 Å². The Morgan fingerprint density at radius 3 is 2.75 bits per heavy atom. The summed E-state index contributed by atoms with van der Waals surface area (Å²) in [6.07, 6.45) is 1.24. The van der Waals surface area contributed by atoms with Gasteiger partial charge in [-0.15, -0.1) is 0 Å². The Labute approximate surface area is 186 Å². The number of rotatable bonds is 7. The van der Waals surface area contributed by atoms with E-state index >= 15 is 0 Å². The number of ether oxygens (including phenoxy) is 2. The maximum Gasteiger partial charge on any atom is 0.228 e. The zero-order valence-corrected chi connectivity index (χ0v) is 18.4. The minimum atomic E-state index is -1.02. The topological polar surface area (TPSA) is 155 Å². The van der Waals surface area contributed by atoms with Gasteiger partial charge in [0, 0.05) is 51.1 Å². The molecule has 2 atom stereocenters. The van der Waals surface area contributed by atoms with Gasteiger partial charge in [-0.25, -0.2) is 15.0 Å². The van der Waals surface area contributed by atoms with Crippen LogP contribution in [-0.4, -0.2) is 100 Å². The molecule has 2 aromatic heterocycles. The summed E-state index contributed by atoms with van der Waals surface area (Å²) in [6, 6.07) is 1.82. The molecule has 1 unspecified atom stereocenters. The fourth-order valence-corrected chi connectivity index (χ4v) is 4.06. The van der Waals surface area contributed by atoms with Crippen molar-refractivity contribution in [3.8, 4) is 11.3 Å². The normalized spacial score (nSPS) is 22.8. The summed E-state index contributed by atoms with van der Waals surface area (Å²) >= 11 is 0. The molecule has 12 heteroatoms. The number of nitrogens with zero attached hydrogens (tertiary/aromatic N) is 6. The Kier molecular flexibility index (Phi) is 6.67. The van der Waals surface area contributed by atoms with E-state index in [9.17, 15) is 10.2 Å². The number of likely N-dealkylation sites (tertiary alicyclic amines) is 1. The molecule has 0 bridgehead atoms. The van der Waals surface area contributed by atoms with Gasteiger partial charge < -0.3 is 35.6 Å². The molecule has 2 aliphatic heterocycles. The van der Waals surface area contributed by atoms with Gasteiger partial charge in [-0.2, -0.15) is 4.98 Å². The Morgan fingerprint density at radius 1 is 1.28 bits per heavy atom. The lowest BCUT2D eigenvalue weighted by molar-refractivity contribution is -0.170. The lowest BCUT2D eigenvalue weighted by atomic mass is 10.00. The zero-order valence-electron chi connectivity index (χ0n) is 18.4. The van der Waals surface area contributed by atoms with Crippen molar-refractivity contribution in [2.24, 2.45) is 0 Å². The smallest absolute Gasteiger partial charge is 0.228 e. The minimum Gasteiger partial charge on any atom is -0.394 e. The quantitative estimate of drug-likeness (QED) is 0.403. The number of morpholine rings is 1. The third-order valence-corrected chi connectivity index (χ3v) is 5.88. The first-order valence-corrected chi connectivity index (χ1v) is 10.6. The third-order valence-electron chi connectivity index (χ3n) is 5.88. The van der Waals surface area contributed by atoms with Crippen molar-refractivity contribution in [3.63, 3.8) is 0 Å². The highest BCUT2D eigenvalue weighted by Gasteiger charge is 2.40. The van der Waals surface area contributed by atoms with Gasteiger partial charge in [0.25, 0.3) is 0 Å². The van der Waals surface area contributed by atoms with Crippen molar-refractivity contribution in [1.82, 2.24) is 24.8 Å². The van der Waals surface area contributed by atoms with Gasteiger partial charge in [-0.3, -0.25) is 4.90 Å². The number of hydrogen-bond acceptors (Lipinski definition) is 12. The van der Waals surface area contributed by atoms with E-state index in [1.54, 1.807) is 11.1 Å². The van der Waals surface area contributed by atoms with E-state index in [2.05, 4.69) is 20.2 Å². The average Bonchev–Trinajstić information content (AvgIpc) is 3.23. The Bertz CT molecular complexity index is 942. The second-order valence-electron chi connectivity index (χ2n) is 8.11. The standard InChI is InChI=1S/C20H30N8O4/c1-13-14(10-22-17(21)23-13)15-9-16(25-18(24-15)27-5-7-32-8-6-27)26-20(12-29)3-4-28(11-20)19(30)31-2/h9-10,19,29-30H,3-8,11-12H2,1-2H3,(H2,21,22,23)(H,24,25,26)/t19?,20-/m0/s1. The van der Waals surface area contributed by atoms with Crippen LogP contribution in [-0.2, 0) is 9.47 Å². The maximum atomic E-state index is 10.2. The van der Waals surface area contributed by atoms with E-state index in [0.717, 1.165) is 5.56 Å². The number of aliphatic hydroxyl groups excluding tert-OH is 2. The molecule has 0 amide bonds. The summed E-state index contributed by atoms with van der Waals surface area (Å²) in [5, 5.41) is 23.7. The molecule has 0 aromatic carbocycles. The van der Waals surface area contributed by atoms with E-state index in [1.165, 1.54) is 7.11 Å². The Balaban J connectivity index is 1.69. The SMILES string of the molecule is COC(O)N1CC[C@](CO)(Nc2cc(-c3cnc(N)nc3C)nc(N3CCOCC3)n2)C1. The fourth-order valence-electron chi connectivity index (χ4n) is 4.06. The number of anilines is 3. The van der Waals surface area contributed by atoms with Crippen LogP contribution >= 0.6 is 0 Å². The minimum absolute atomic E-state index is 0.129. The predicted molar refractivity (Wildman–Crippen MR) is 118 cm³/mol. The van der Waals surface area contributed by atoms with E-state index in [1.807, 2.05) is 13.0 Å². The first-order valence-electron chi connectivity index (χ1n) is 10.6. The number of aliphatic hydroxyl groups is 2. The van der Waals surface area contributed by atoms with Crippen LogP contribution in [0.5, 0.6) is 0 Å². The third kappa shape index (κ3) is 4.74. The molecule has 2 saturated heterocycles. The van der Waals surface area contributed by atoms with Gasteiger partial charge in [-0.1, -0.05) is 0 Å². The lowest BCUT2D eigenvalue weighted by Gasteiger charge is -2.31. The molecule has 5 N–H and O–H groups in total. The number of methoxy groups -OCH3 is 1. The Hall–Kier alpha value is -2.64. The van der Waals surface area contributed by atoms with Crippen LogP contribution in [0, 0.1) is 6.92 Å². The van der Waals surface area contributed by atoms with Gasteiger partial charge in [0.1, 0.15) is 5.82 Å². The molecule has 2 aliphatic rings. The van der Waals surface area contributed by atoms with E-state index < -0.39 is 12.0 Å². The van der Waals surface area contributed by atoms with Crippen LogP contribution in [0.4, 0.5) is 17.7 Å². The lowest BCUT2D eigenvalue weighted by Crippen LogP contribution is -2.47. The van der Waals surface area contributed by atoms with Crippen molar-refractivity contribution < 1.29 is 19.7 Å². The van der Waals surface area contributed by atoms with Crippen LogP contribution in [0.2, 0.25) is 0 Å². The van der Waals surface area contributed by atoms with Gasteiger partial charge >= 0.3 is 0 Å².